The van der Waals surface area contributed by atoms with Gasteiger partial charge in [-0.1, -0.05) is 5.16 Å². The van der Waals surface area contributed by atoms with E-state index in [1.54, 1.807) is 19.2 Å². The topological polar surface area (TPSA) is 52.3 Å². The van der Waals surface area contributed by atoms with E-state index in [2.05, 4.69) is 5.16 Å². The molecule has 1 heterocycles. The number of benzene rings is 1. The lowest BCUT2D eigenvalue weighted by molar-refractivity contribution is 0.107. The van der Waals surface area contributed by atoms with Crippen molar-refractivity contribution in [1.82, 2.24) is 5.16 Å². The number of ether oxygens (including phenoxy) is 1. The molecule has 5 heteroatoms. The average Bonchev–Trinajstić information content (AvgIpc) is 2.78. The minimum Gasteiger partial charge on any atom is -0.497 e. The fourth-order valence-corrected chi connectivity index (χ4v) is 1.35. The van der Waals surface area contributed by atoms with E-state index in [1.807, 2.05) is 12.1 Å². The number of nitrogens with zero attached hydrogens (tertiary/aromatic N) is 1. The normalized spacial score (nSPS) is 10.1. The molecular weight excluding hydrogens is 230 g/mol. The van der Waals surface area contributed by atoms with Gasteiger partial charge in [0.05, 0.1) is 7.11 Å². The Kier molecular flexibility index (Phi) is 2.92. The van der Waals surface area contributed by atoms with Crippen molar-refractivity contribution >= 4 is 16.8 Å². The predicted octanol–water partition coefficient (Wildman–Crippen LogP) is 2.73. The zero-order valence-corrected chi connectivity index (χ0v) is 9.19. The molecule has 0 aliphatic carbocycles. The van der Waals surface area contributed by atoms with Gasteiger partial charge in [0.15, 0.2) is 11.5 Å². The van der Waals surface area contributed by atoms with E-state index in [0.717, 1.165) is 11.3 Å². The molecule has 0 saturated carbocycles. The number of rotatable bonds is 3. The van der Waals surface area contributed by atoms with Crippen molar-refractivity contribution in [3.63, 3.8) is 0 Å². The Morgan fingerprint density at radius 1 is 1.38 bits per heavy atom. The molecule has 0 amide bonds. The van der Waals surface area contributed by atoms with Crippen LogP contribution in [0.15, 0.2) is 34.9 Å². The SMILES string of the molecule is COc1ccc(-c2cc(C(=O)Cl)no2)cc1. The minimum absolute atomic E-state index is 0.104. The number of hydrogen-bond donors (Lipinski definition) is 0. The van der Waals surface area contributed by atoms with Gasteiger partial charge in [-0.2, -0.15) is 0 Å². The molecule has 4 nitrogen and oxygen atoms in total. The zero-order valence-electron chi connectivity index (χ0n) is 8.44. The highest BCUT2D eigenvalue weighted by Crippen LogP contribution is 2.23. The van der Waals surface area contributed by atoms with E-state index in [4.69, 9.17) is 20.9 Å². The first kappa shape index (κ1) is 10.7. The van der Waals surface area contributed by atoms with E-state index in [-0.39, 0.29) is 5.69 Å². The summed E-state index contributed by atoms with van der Waals surface area (Å²) in [5, 5.41) is 2.91. The van der Waals surface area contributed by atoms with Crippen molar-refractivity contribution in [2.24, 2.45) is 0 Å². The van der Waals surface area contributed by atoms with Crippen LogP contribution in [-0.2, 0) is 0 Å². The third-order valence-electron chi connectivity index (χ3n) is 2.09. The highest BCUT2D eigenvalue weighted by Gasteiger charge is 2.11. The maximum atomic E-state index is 10.8. The van der Waals surface area contributed by atoms with Crippen LogP contribution in [0.2, 0.25) is 0 Å². The van der Waals surface area contributed by atoms with Crippen molar-refractivity contribution in [3.05, 3.63) is 36.0 Å². The molecule has 0 N–H and O–H groups in total. The molecule has 0 fully saturated rings. The van der Waals surface area contributed by atoms with Crippen molar-refractivity contribution in [3.8, 4) is 17.1 Å². The molecule has 16 heavy (non-hydrogen) atoms. The molecule has 0 aliphatic heterocycles. The number of methoxy groups -OCH3 is 1. The molecular formula is C11H8ClNO3. The highest BCUT2D eigenvalue weighted by atomic mass is 35.5. The van der Waals surface area contributed by atoms with Crippen LogP contribution >= 0.6 is 11.6 Å². The quantitative estimate of drug-likeness (QED) is 0.771. The Morgan fingerprint density at radius 3 is 2.56 bits per heavy atom. The van der Waals surface area contributed by atoms with Gasteiger partial charge in [-0.05, 0) is 35.9 Å². The standard InChI is InChI=1S/C11H8ClNO3/c1-15-8-4-2-7(3-5-8)10-6-9(11(12)14)13-16-10/h2-6H,1H3. The Hall–Kier alpha value is -1.81. The van der Waals surface area contributed by atoms with Gasteiger partial charge < -0.3 is 9.26 Å². The summed E-state index contributed by atoms with van der Waals surface area (Å²) < 4.78 is 10.0. The zero-order chi connectivity index (χ0) is 11.5. The summed E-state index contributed by atoms with van der Waals surface area (Å²) in [7, 11) is 1.59. The van der Waals surface area contributed by atoms with Gasteiger partial charge in [0.25, 0.3) is 5.24 Å². The molecule has 2 aromatic rings. The second-order valence-electron chi connectivity index (χ2n) is 3.08. The molecule has 0 unspecified atom stereocenters. The molecule has 0 bridgehead atoms. The fraction of sp³-hybridized carbons (Fsp3) is 0.0909. The number of carbonyl (C=O) groups excluding carboxylic acids is 1. The molecule has 0 radical (unpaired) electrons. The first-order valence-corrected chi connectivity index (χ1v) is 4.89. The Bertz CT molecular complexity index is 504. The molecule has 0 spiro atoms. The van der Waals surface area contributed by atoms with Crippen LogP contribution < -0.4 is 4.74 Å². The van der Waals surface area contributed by atoms with Crippen LogP contribution in [0.4, 0.5) is 0 Å². The Balaban J connectivity index is 2.31. The summed E-state index contributed by atoms with van der Waals surface area (Å²) in [4.78, 5) is 10.8. The molecule has 0 atom stereocenters. The lowest BCUT2D eigenvalue weighted by atomic mass is 10.1. The summed E-state index contributed by atoms with van der Waals surface area (Å²) in [6, 6.07) is 8.70. The van der Waals surface area contributed by atoms with Crippen LogP contribution in [0.25, 0.3) is 11.3 Å². The Morgan fingerprint density at radius 2 is 2.06 bits per heavy atom. The maximum Gasteiger partial charge on any atom is 0.274 e. The van der Waals surface area contributed by atoms with Gasteiger partial charge in [-0.3, -0.25) is 4.79 Å². The van der Waals surface area contributed by atoms with Gasteiger partial charge in [-0.15, -0.1) is 0 Å². The molecule has 82 valence electrons. The second kappa shape index (κ2) is 4.37. The van der Waals surface area contributed by atoms with Crippen LogP contribution in [0, 0.1) is 0 Å². The molecule has 0 aliphatic rings. The molecule has 0 saturated heterocycles. The minimum atomic E-state index is -0.636. The third-order valence-corrected chi connectivity index (χ3v) is 2.28. The van der Waals surface area contributed by atoms with Gasteiger partial charge in [-0.25, -0.2) is 0 Å². The van der Waals surface area contributed by atoms with Crippen molar-refractivity contribution in [2.45, 2.75) is 0 Å². The largest absolute Gasteiger partial charge is 0.497 e. The van der Waals surface area contributed by atoms with Gasteiger partial charge in [0.1, 0.15) is 5.75 Å². The van der Waals surface area contributed by atoms with E-state index >= 15 is 0 Å². The Labute approximate surface area is 96.8 Å². The summed E-state index contributed by atoms with van der Waals surface area (Å²) in [5.74, 6) is 1.24. The number of hydrogen-bond acceptors (Lipinski definition) is 4. The first-order chi connectivity index (χ1) is 7.70. The number of carbonyl (C=O) groups is 1. The van der Waals surface area contributed by atoms with Crippen LogP contribution in [-0.4, -0.2) is 17.5 Å². The van der Waals surface area contributed by atoms with E-state index in [9.17, 15) is 4.79 Å². The second-order valence-corrected chi connectivity index (χ2v) is 3.42. The van der Waals surface area contributed by atoms with Crippen LogP contribution in [0.1, 0.15) is 10.5 Å². The van der Waals surface area contributed by atoms with Gasteiger partial charge in [0, 0.05) is 11.6 Å². The fourth-order valence-electron chi connectivity index (χ4n) is 1.26. The van der Waals surface area contributed by atoms with E-state index in [1.165, 1.54) is 6.07 Å². The smallest absolute Gasteiger partial charge is 0.274 e. The van der Waals surface area contributed by atoms with E-state index < -0.39 is 5.24 Å². The van der Waals surface area contributed by atoms with Crippen molar-refractivity contribution < 1.29 is 14.1 Å². The van der Waals surface area contributed by atoms with E-state index in [0.29, 0.717) is 5.76 Å². The van der Waals surface area contributed by atoms with Gasteiger partial charge >= 0.3 is 0 Å². The van der Waals surface area contributed by atoms with Crippen molar-refractivity contribution in [1.29, 1.82) is 0 Å². The summed E-state index contributed by atoms with van der Waals surface area (Å²) in [5.41, 5.74) is 0.907. The predicted molar refractivity (Wildman–Crippen MR) is 58.7 cm³/mol. The number of aromatic nitrogens is 1. The highest BCUT2D eigenvalue weighted by molar-refractivity contribution is 6.67. The molecule has 2 rings (SSSR count). The first-order valence-electron chi connectivity index (χ1n) is 4.51. The summed E-state index contributed by atoms with van der Waals surface area (Å²) in [6.45, 7) is 0. The lowest BCUT2D eigenvalue weighted by Crippen LogP contribution is -1.85. The van der Waals surface area contributed by atoms with Crippen molar-refractivity contribution in [2.75, 3.05) is 7.11 Å². The van der Waals surface area contributed by atoms with Gasteiger partial charge in [0.2, 0.25) is 0 Å². The molecule has 1 aromatic heterocycles. The van der Waals surface area contributed by atoms with Crippen LogP contribution in [0.3, 0.4) is 0 Å². The number of halogens is 1. The maximum absolute atomic E-state index is 10.8. The monoisotopic (exact) mass is 237 g/mol. The molecule has 1 aromatic carbocycles. The lowest BCUT2D eigenvalue weighted by Gasteiger charge is -1.99. The third kappa shape index (κ3) is 2.06. The van der Waals surface area contributed by atoms with Crippen LogP contribution in [0.5, 0.6) is 5.75 Å². The average molecular weight is 238 g/mol. The summed E-state index contributed by atoms with van der Waals surface area (Å²) in [6.07, 6.45) is 0. The summed E-state index contributed by atoms with van der Waals surface area (Å²) >= 11 is 5.27.